The molecule has 0 radical (unpaired) electrons. The Morgan fingerprint density at radius 2 is 1.76 bits per heavy atom. The number of H-pyrrole nitrogens is 1. The minimum atomic E-state index is -0.973. The summed E-state index contributed by atoms with van der Waals surface area (Å²) in [6, 6.07) is 16.2. The van der Waals surface area contributed by atoms with Crippen molar-refractivity contribution >= 4 is 28.8 Å². The number of aromatic amines is 1. The van der Waals surface area contributed by atoms with Crippen LogP contribution in [0.2, 0.25) is 0 Å². The number of fused-ring (bicyclic) bond motifs is 1. The maximum absolute atomic E-state index is 13.5. The van der Waals surface area contributed by atoms with Crippen LogP contribution in [-0.4, -0.2) is 45.2 Å². The summed E-state index contributed by atoms with van der Waals surface area (Å²) in [5.41, 5.74) is 2.77. The molecule has 38 heavy (non-hydrogen) atoms. The molecule has 3 aromatic rings. The number of para-hydroxylation sites is 2. The van der Waals surface area contributed by atoms with E-state index in [-0.39, 0.29) is 36.1 Å². The molecule has 0 bridgehead atoms. The van der Waals surface area contributed by atoms with Gasteiger partial charge in [0, 0.05) is 13.0 Å². The standard InChI is InChI=1S/C30H39N5O3/c1-20(28-33-22-13-8-9-14-23(22)34-28)31-29(38)24(32-26(36)16-17-30(2,3)4)19-27(37)35-18-10-15-25(35)21-11-6-5-7-12-21/h5-9,11-14,20,24-25H,10,15-19H2,1-4H3,(H,31,38)(H,32,36)(H,33,34)/t20-,24-,25-/m0/s1. The van der Waals surface area contributed by atoms with Crippen molar-refractivity contribution in [1.82, 2.24) is 25.5 Å². The molecule has 0 aliphatic carbocycles. The van der Waals surface area contributed by atoms with Crippen LogP contribution in [-0.2, 0) is 14.4 Å². The van der Waals surface area contributed by atoms with Crippen LogP contribution in [0.4, 0.5) is 0 Å². The Kier molecular flexibility index (Phi) is 8.49. The highest BCUT2D eigenvalue weighted by Crippen LogP contribution is 2.32. The van der Waals surface area contributed by atoms with E-state index >= 15 is 0 Å². The Labute approximate surface area is 224 Å². The van der Waals surface area contributed by atoms with Crippen molar-refractivity contribution < 1.29 is 14.4 Å². The zero-order valence-corrected chi connectivity index (χ0v) is 22.8. The van der Waals surface area contributed by atoms with Crippen molar-refractivity contribution in [2.45, 2.75) is 77.9 Å². The molecule has 1 fully saturated rings. The van der Waals surface area contributed by atoms with Gasteiger partial charge >= 0.3 is 0 Å². The van der Waals surface area contributed by atoms with Crippen molar-refractivity contribution in [3.8, 4) is 0 Å². The van der Waals surface area contributed by atoms with E-state index in [9.17, 15) is 14.4 Å². The first kappa shape index (κ1) is 27.4. The Balaban J connectivity index is 1.47. The highest BCUT2D eigenvalue weighted by molar-refractivity contribution is 5.92. The summed E-state index contributed by atoms with van der Waals surface area (Å²) in [5, 5.41) is 5.81. The van der Waals surface area contributed by atoms with Gasteiger partial charge in [0.1, 0.15) is 11.9 Å². The molecule has 0 saturated carbocycles. The summed E-state index contributed by atoms with van der Waals surface area (Å²) in [7, 11) is 0. The molecule has 1 aliphatic rings. The van der Waals surface area contributed by atoms with Crippen molar-refractivity contribution in [2.75, 3.05) is 6.54 Å². The summed E-state index contributed by atoms with van der Waals surface area (Å²) in [5.74, 6) is -0.146. The fourth-order valence-electron chi connectivity index (χ4n) is 4.90. The van der Waals surface area contributed by atoms with Gasteiger partial charge in [0.15, 0.2) is 0 Å². The Morgan fingerprint density at radius 3 is 2.47 bits per heavy atom. The summed E-state index contributed by atoms with van der Waals surface area (Å²) in [4.78, 5) is 49.4. The topological polar surface area (TPSA) is 107 Å². The Hall–Kier alpha value is -3.68. The van der Waals surface area contributed by atoms with Gasteiger partial charge in [-0.2, -0.15) is 0 Å². The summed E-state index contributed by atoms with van der Waals surface area (Å²) >= 11 is 0. The average Bonchev–Trinajstić information content (AvgIpc) is 3.55. The lowest BCUT2D eigenvalue weighted by Crippen LogP contribution is -2.50. The Bertz CT molecular complexity index is 1230. The number of benzene rings is 2. The zero-order chi connectivity index (χ0) is 27.3. The lowest BCUT2D eigenvalue weighted by atomic mass is 9.90. The molecule has 0 spiro atoms. The molecule has 202 valence electrons. The van der Waals surface area contributed by atoms with E-state index in [4.69, 9.17) is 0 Å². The first-order valence-corrected chi connectivity index (χ1v) is 13.5. The normalized spacial score (nSPS) is 17.3. The largest absolute Gasteiger partial charge is 0.345 e. The van der Waals surface area contributed by atoms with Gasteiger partial charge in [0.25, 0.3) is 0 Å². The number of carbonyl (C=O) groups excluding carboxylic acids is 3. The van der Waals surface area contributed by atoms with E-state index in [0.29, 0.717) is 18.8 Å². The van der Waals surface area contributed by atoms with Crippen LogP contribution < -0.4 is 10.6 Å². The lowest BCUT2D eigenvalue weighted by molar-refractivity contribution is -0.137. The van der Waals surface area contributed by atoms with Gasteiger partial charge in [0.2, 0.25) is 17.7 Å². The molecule has 2 heterocycles. The predicted octanol–water partition coefficient (Wildman–Crippen LogP) is 4.81. The fraction of sp³-hybridized carbons (Fsp3) is 0.467. The van der Waals surface area contributed by atoms with Crippen molar-refractivity contribution in [2.24, 2.45) is 5.41 Å². The number of hydrogen-bond acceptors (Lipinski definition) is 4. The van der Waals surface area contributed by atoms with E-state index in [1.165, 1.54) is 0 Å². The number of rotatable bonds is 9. The van der Waals surface area contributed by atoms with Crippen LogP contribution in [0, 0.1) is 5.41 Å². The number of imidazole rings is 1. The van der Waals surface area contributed by atoms with Gasteiger partial charge in [-0.25, -0.2) is 4.98 Å². The van der Waals surface area contributed by atoms with E-state index in [2.05, 4.69) is 41.4 Å². The number of likely N-dealkylation sites (tertiary alicyclic amines) is 1. The lowest BCUT2D eigenvalue weighted by Gasteiger charge is -2.28. The molecule has 1 aromatic heterocycles. The van der Waals surface area contributed by atoms with Crippen LogP contribution in [0.25, 0.3) is 11.0 Å². The molecule has 3 N–H and O–H groups in total. The van der Waals surface area contributed by atoms with Gasteiger partial charge in [-0.15, -0.1) is 0 Å². The average molecular weight is 518 g/mol. The molecular weight excluding hydrogens is 478 g/mol. The van der Waals surface area contributed by atoms with Crippen LogP contribution in [0.15, 0.2) is 54.6 Å². The highest BCUT2D eigenvalue weighted by Gasteiger charge is 2.34. The minimum Gasteiger partial charge on any atom is -0.345 e. The third-order valence-corrected chi connectivity index (χ3v) is 7.07. The molecule has 1 saturated heterocycles. The number of carbonyl (C=O) groups is 3. The first-order chi connectivity index (χ1) is 18.1. The smallest absolute Gasteiger partial charge is 0.243 e. The second-order valence-corrected chi connectivity index (χ2v) is 11.4. The third-order valence-electron chi connectivity index (χ3n) is 7.07. The molecule has 3 atom stereocenters. The molecule has 8 nitrogen and oxygen atoms in total. The first-order valence-electron chi connectivity index (χ1n) is 13.5. The van der Waals surface area contributed by atoms with E-state index < -0.39 is 18.0 Å². The minimum absolute atomic E-state index is 0.0147. The molecule has 8 heteroatoms. The quantitative estimate of drug-likeness (QED) is 0.379. The van der Waals surface area contributed by atoms with Gasteiger partial charge in [-0.05, 0) is 49.3 Å². The number of amides is 3. The van der Waals surface area contributed by atoms with Crippen molar-refractivity contribution in [3.05, 3.63) is 66.0 Å². The third kappa shape index (κ3) is 7.00. The molecule has 1 aliphatic heterocycles. The van der Waals surface area contributed by atoms with Gasteiger partial charge < -0.3 is 20.5 Å². The van der Waals surface area contributed by atoms with Crippen molar-refractivity contribution in [1.29, 1.82) is 0 Å². The number of nitrogens with one attached hydrogen (secondary N) is 3. The van der Waals surface area contributed by atoms with E-state index in [1.54, 1.807) is 0 Å². The van der Waals surface area contributed by atoms with Crippen LogP contribution >= 0.6 is 0 Å². The SMILES string of the molecule is C[C@H](NC(=O)[C@H](CC(=O)N1CCC[C@H]1c1ccccc1)NC(=O)CCC(C)(C)C)c1nc2ccccc2[nH]1. The monoisotopic (exact) mass is 517 g/mol. The second kappa shape index (κ2) is 11.8. The Morgan fingerprint density at radius 1 is 1.05 bits per heavy atom. The number of aromatic nitrogens is 2. The van der Waals surface area contributed by atoms with Crippen molar-refractivity contribution in [3.63, 3.8) is 0 Å². The molecule has 3 amide bonds. The number of hydrogen-bond donors (Lipinski definition) is 3. The highest BCUT2D eigenvalue weighted by atomic mass is 16.2. The molecular formula is C30H39N5O3. The van der Waals surface area contributed by atoms with Gasteiger partial charge in [0.05, 0.1) is 29.5 Å². The van der Waals surface area contributed by atoms with Crippen LogP contribution in [0.5, 0.6) is 0 Å². The van der Waals surface area contributed by atoms with Crippen LogP contribution in [0.3, 0.4) is 0 Å². The molecule has 0 unspecified atom stereocenters. The van der Waals surface area contributed by atoms with Crippen LogP contribution in [0.1, 0.15) is 83.3 Å². The maximum atomic E-state index is 13.5. The van der Waals surface area contributed by atoms with Gasteiger partial charge in [-0.3, -0.25) is 14.4 Å². The summed E-state index contributed by atoms with van der Waals surface area (Å²) in [6.07, 6.45) is 2.66. The summed E-state index contributed by atoms with van der Waals surface area (Å²) < 4.78 is 0. The number of nitrogens with zero attached hydrogens (tertiary/aromatic N) is 2. The molecule has 4 rings (SSSR count). The summed E-state index contributed by atoms with van der Waals surface area (Å²) in [6.45, 7) is 8.68. The van der Waals surface area contributed by atoms with E-state index in [0.717, 1.165) is 29.4 Å². The zero-order valence-electron chi connectivity index (χ0n) is 22.8. The van der Waals surface area contributed by atoms with E-state index in [1.807, 2.05) is 66.4 Å². The maximum Gasteiger partial charge on any atom is 0.243 e. The fourth-order valence-corrected chi connectivity index (χ4v) is 4.90. The molecule has 2 aromatic carbocycles. The predicted molar refractivity (Wildman–Crippen MR) is 148 cm³/mol. The second-order valence-electron chi connectivity index (χ2n) is 11.4. The van der Waals surface area contributed by atoms with Gasteiger partial charge in [-0.1, -0.05) is 63.2 Å².